The summed E-state index contributed by atoms with van der Waals surface area (Å²) in [4.78, 5) is 36.0. The van der Waals surface area contributed by atoms with E-state index in [4.69, 9.17) is 4.74 Å². The van der Waals surface area contributed by atoms with Gasteiger partial charge >= 0.3 is 5.97 Å². The molecular formula is C20H22N4O3. The standard InChI is InChI=1S/C20H22N4O3/c1-5-27-20(26)14-9-21-18-16(14)17(22-10-23-18)13-7-6-12(4)15(8-13)24-19(25)11(2)3/h6-11H,5H2,1-4H3,(H,24,25)(H,21,22,23). The summed E-state index contributed by atoms with van der Waals surface area (Å²) in [5, 5.41) is 3.54. The largest absolute Gasteiger partial charge is 0.462 e. The van der Waals surface area contributed by atoms with Crippen LogP contribution in [0.15, 0.2) is 30.7 Å². The number of aryl methyl sites for hydroxylation is 1. The molecule has 2 heterocycles. The van der Waals surface area contributed by atoms with Crippen LogP contribution in [0, 0.1) is 12.8 Å². The fourth-order valence-electron chi connectivity index (χ4n) is 2.73. The quantitative estimate of drug-likeness (QED) is 0.671. The van der Waals surface area contributed by atoms with E-state index in [1.807, 2.05) is 39.0 Å². The Morgan fingerprint density at radius 3 is 2.74 bits per heavy atom. The van der Waals surface area contributed by atoms with Crippen molar-refractivity contribution in [2.24, 2.45) is 5.92 Å². The number of esters is 1. The number of aromatic amines is 1. The number of nitrogens with zero attached hydrogens (tertiary/aromatic N) is 2. The zero-order valence-corrected chi connectivity index (χ0v) is 15.8. The summed E-state index contributed by atoms with van der Waals surface area (Å²) in [6.07, 6.45) is 3.02. The molecule has 0 spiro atoms. The molecule has 3 aromatic rings. The molecule has 3 rings (SSSR count). The summed E-state index contributed by atoms with van der Waals surface area (Å²) >= 11 is 0. The molecule has 0 unspecified atom stereocenters. The SMILES string of the molecule is CCOC(=O)c1c[nH]c2ncnc(-c3ccc(C)c(NC(=O)C(C)C)c3)c12. The van der Waals surface area contributed by atoms with Gasteiger partial charge in [0.25, 0.3) is 0 Å². The monoisotopic (exact) mass is 366 g/mol. The van der Waals surface area contributed by atoms with Crippen LogP contribution in [0.25, 0.3) is 22.3 Å². The molecule has 7 nitrogen and oxygen atoms in total. The van der Waals surface area contributed by atoms with Gasteiger partial charge in [0.15, 0.2) is 0 Å². The molecule has 0 fully saturated rings. The minimum absolute atomic E-state index is 0.0584. The highest BCUT2D eigenvalue weighted by molar-refractivity contribution is 6.08. The zero-order valence-electron chi connectivity index (χ0n) is 15.8. The second kappa shape index (κ2) is 7.57. The number of fused-ring (bicyclic) bond motifs is 1. The molecule has 0 radical (unpaired) electrons. The van der Waals surface area contributed by atoms with Crippen molar-refractivity contribution in [2.45, 2.75) is 27.7 Å². The Balaban J connectivity index is 2.11. The Labute approximate surface area is 157 Å². The third-order valence-corrected chi connectivity index (χ3v) is 4.26. The number of rotatable bonds is 5. The summed E-state index contributed by atoms with van der Waals surface area (Å²) in [5.74, 6) is -0.615. The molecular weight excluding hydrogens is 344 g/mol. The molecule has 1 aromatic carbocycles. The highest BCUT2D eigenvalue weighted by Crippen LogP contribution is 2.31. The molecule has 0 atom stereocenters. The number of benzene rings is 1. The molecule has 2 N–H and O–H groups in total. The average molecular weight is 366 g/mol. The van der Waals surface area contributed by atoms with E-state index in [2.05, 4.69) is 20.3 Å². The molecule has 27 heavy (non-hydrogen) atoms. The molecule has 140 valence electrons. The number of ether oxygens (including phenoxy) is 1. The Bertz CT molecular complexity index is 1010. The van der Waals surface area contributed by atoms with Gasteiger partial charge in [-0.3, -0.25) is 4.79 Å². The Morgan fingerprint density at radius 2 is 2.04 bits per heavy atom. The predicted molar refractivity (Wildman–Crippen MR) is 103 cm³/mol. The van der Waals surface area contributed by atoms with Crippen molar-refractivity contribution >= 4 is 28.6 Å². The van der Waals surface area contributed by atoms with Crippen LogP contribution in [0.3, 0.4) is 0 Å². The second-order valence-corrected chi connectivity index (χ2v) is 6.54. The number of H-pyrrole nitrogens is 1. The van der Waals surface area contributed by atoms with Gasteiger partial charge in [-0.2, -0.15) is 0 Å². The van der Waals surface area contributed by atoms with Crippen molar-refractivity contribution < 1.29 is 14.3 Å². The van der Waals surface area contributed by atoms with Gasteiger partial charge in [0.1, 0.15) is 12.0 Å². The van der Waals surface area contributed by atoms with Crippen molar-refractivity contribution in [3.8, 4) is 11.3 Å². The van der Waals surface area contributed by atoms with E-state index in [1.54, 1.807) is 13.1 Å². The first-order valence-corrected chi connectivity index (χ1v) is 8.83. The Morgan fingerprint density at radius 1 is 1.26 bits per heavy atom. The van der Waals surface area contributed by atoms with E-state index < -0.39 is 5.97 Å². The van der Waals surface area contributed by atoms with Gasteiger partial charge in [0.2, 0.25) is 5.91 Å². The van der Waals surface area contributed by atoms with Gasteiger partial charge < -0.3 is 15.0 Å². The molecule has 0 saturated heterocycles. The zero-order chi connectivity index (χ0) is 19.6. The lowest BCUT2D eigenvalue weighted by molar-refractivity contribution is -0.118. The van der Waals surface area contributed by atoms with Crippen molar-refractivity contribution in [3.05, 3.63) is 41.9 Å². The van der Waals surface area contributed by atoms with Gasteiger partial charge in [-0.15, -0.1) is 0 Å². The van der Waals surface area contributed by atoms with Gasteiger partial charge in [-0.05, 0) is 25.5 Å². The maximum absolute atomic E-state index is 12.3. The van der Waals surface area contributed by atoms with Crippen LogP contribution in [0.5, 0.6) is 0 Å². The van der Waals surface area contributed by atoms with Crippen molar-refractivity contribution in [3.63, 3.8) is 0 Å². The van der Waals surface area contributed by atoms with Gasteiger partial charge in [-0.1, -0.05) is 26.0 Å². The first-order chi connectivity index (χ1) is 12.9. The number of carbonyl (C=O) groups is 2. The fourth-order valence-corrected chi connectivity index (χ4v) is 2.73. The Hall–Kier alpha value is -3.22. The van der Waals surface area contributed by atoms with Crippen LogP contribution in [-0.2, 0) is 9.53 Å². The third kappa shape index (κ3) is 3.67. The van der Waals surface area contributed by atoms with E-state index in [-0.39, 0.29) is 18.4 Å². The highest BCUT2D eigenvalue weighted by atomic mass is 16.5. The number of hydrogen-bond donors (Lipinski definition) is 2. The maximum Gasteiger partial charge on any atom is 0.340 e. The van der Waals surface area contributed by atoms with Crippen molar-refractivity contribution in [1.82, 2.24) is 15.0 Å². The lowest BCUT2D eigenvalue weighted by Crippen LogP contribution is -2.18. The van der Waals surface area contributed by atoms with Crippen LogP contribution < -0.4 is 5.32 Å². The molecule has 7 heteroatoms. The van der Waals surface area contributed by atoms with E-state index >= 15 is 0 Å². The number of carbonyl (C=O) groups excluding carboxylic acids is 2. The number of hydrogen-bond acceptors (Lipinski definition) is 5. The van der Waals surface area contributed by atoms with Gasteiger partial charge in [0, 0.05) is 23.4 Å². The topological polar surface area (TPSA) is 97.0 Å². The lowest BCUT2D eigenvalue weighted by atomic mass is 10.0. The van der Waals surface area contributed by atoms with E-state index in [0.29, 0.717) is 28.0 Å². The summed E-state index contributed by atoms with van der Waals surface area (Å²) in [5.41, 5.74) is 3.97. The summed E-state index contributed by atoms with van der Waals surface area (Å²) in [6.45, 7) is 7.65. The van der Waals surface area contributed by atoms with Gasteiger partial charge in [0.05, 0.1) is 23.3 Å². The predicted octanol–water partition coefficient (Wildman–Crippen LogP) is 3.70. The van der Waals surface area contributed by atoms with Crippen LogP contribution in [0.1, 0.15) is 36.7 Å². The third-order valence-electron chi connectivity index (χ3n) is 4.26. The highest BCUT2D eigenvalue weighted by Gasteiger charge is 2.19. The molecule has 0 aliphatic rings. The molecule has 1 amide bonds. The smallest absolute Gasteiger partial charge is 0.340 e. The minimum atomic E-state index is -0.430. The van der Waals surface area contributed by atoms with E-state index in [1.165, 1.54) is 6.33 Å². The normalized spacial score (nSPS) is 11.0. The van der Waals surface area contributed by atoms with Crippen LogP contribution in [-0.4, -0.2) is 33.4 Å². The van der Waals surface area contributed by atoms with Crippen molar-refractivity contribution in [1.29, 1.82) is 0 Å². The molecule has 0 aliphatic carbocycles. The van der Waals surface area contributed by atoms with Crippen LogP contribution >= 0.6 is 0 Å². The molecule has 0 aliphatic heterocycles. The molecule has 0 saturated carbocycles. The average Bonchev–Trinajstić information content (AvgIpc) is 3.08. The number of nitrogens with one attached hydrogen (secondary N) is 2. The lowest BCUT2D eigenvalue weighted by Gasteiger charge is -2.13. The first-order valence-electron chi connectivity index (χ1n) is 8.83. The minimum Gasteiger partial charge on any atom is -0.462 e. The van der Waals surface area contributed by atoms with Crippen molar-refractivity contribution in [2.75, 3.05) is 11.9 Å². The number of amides is 1. The number of aromatic nitrogens is 3. The molecule has 0 bridgehead atoms. The fraction of sp³-hybridized carbons (Fsp3) is 0.300. The maximum atomic E-state index is 12.3. The summed E-state index contributed by atoms with van der Waals surface area (Å²) < 4.78 is 5.14. The second-order valence-electron chi connectivity index (χ2n) is 6.54. The summed E-state index contributed by atoms with van der Waals surface area (Å²) in [6, 6.07) is 5.68. The van der Waals surface area contributed by atoms with E-state index in [9.17, 15) is 9.59 Å². The van der Waals surface area contributed by atoms with Gasteiger partial charge in [-0.25, -0.2) is 14.8 Å². The van der Waals surface area contributed by atoms with E-state index in [0.717, 1.165) is 11.1 Å². The Kier molecular flexibility index (Phi) is 5.21. The first kappa shape index (κ1) is 18.6. The van der Waals surface area contributed by atoms with Crippen LogP contribution in [0.2, 0.25) is 0 Å². The summed E-state index contributed by atoms with van der Waals surface area (Å²) in [7, 11) is 0. The molecule has 2 aromatic heterocycles. The van der Waals surface area contributed by atoms with Crippen LogP contribution in [0.4, 0.5) is 5.69 Å². The number of anilines is 1.